The fourth-order valence-electron chi connectivity index (χ4n) is 1.89. The summed E-state index contributed by atoms with van der Waals surface area (Å²) in [6.07, 6.45) is 0.372. The topological polar surface area (TPSA) is 24.9 Å². The first-order chi connectivity index (χ1) is 6.36. The minimum atomic E-state index is 0.372. The SMILES string of the molecule is CC1CN(N2CCOCC2)CCO1. The Bertz CT molecular complexity index is 160. The van der Waals surface area contributed by atoms with Gasteiger partial charge in [-0.25, -0.2) is 10.0 Å². The number of hydrogen-bond acceptors (Lipinski definition) is 4. The van der Waals surface area contributed by atoms with E-state index in [-0.39, 0.29) is 0 Å². The van der Waals surface area contributed by atoms with Crippen LogP contribution < -0.4 is 0 Å². The van der Waals surface area contributed by atoms with Crippen LogP contribution in [0, 0.1) is 0 Å². The third-order valence-corrected chi connectivity index (χ3v) is 2.61. The van der Waals surface area contributed by atoms with Gasteiger partial charge in [0.05, 0.1) is 25.9 Å². The fraction of sp³-hybridized carbons (Fsp3) is 1.00. The second-order valence-corrected chi connectivity index (χ2v) is 3.66. The predicted molar refractivity (Wildman–Crippen MR) is 49.4 cm³/mol. The van der Waals surface area contributed by atoms with E-state index in [0.717, 1.165) is 46.0 Å². The maximum absolute atomic E-state index is 5.50. The molecule has 0 aromatic heterocycles. The maximum atomic E-state index is 5.50. The number of rotatable bonds is 1. The largest absolute Gasteiger partial charge is 0.379 e. The van der Waals surface area contributed by atoms with Gasteiger partial charge in [-0.2, -0.15) is 0 Å². The van der Waals surface area contributed by atoms with Crippen molar-refractivity contribution in [2.24, 2.45) is 0 Å². The van der Waals surface area contributed by atoms with Crippen LogP contribution in [-0.2, 0) is 9.47 Å². The van der Waals surface area contributed by atoms with Crippen molar-refractivity contribution in [3.63, 3.8) is 0 Å². The van der Waals surface area contributed by atoms with E-state index in [0.29, 0.717) is 6.10 Å². The van der Waals surface area contributed by atoms with Crippen molar-refractivity contribution in [3.8, 4) is 0 Å². The molecule has 0 radical (unpaired) electrons. The molecule has 1 unspecified atom stereocenters. The lowest BCUT2D eigenvalue weighted by atomic mass is 10.3. The molecule has 2 saturated heterocycles. The van der Waals surface area contributed by atoms with E-state index in [4.69, 9.17) is 9.47 Å². The molecule has 0 aromatic carbocycles. The number of hydrazine groups is 1. The molecule has 1 atom stereocenters. The van der Waals surface area contributed by atoms with Gasteiger partial charge in [0.1, 0.15) is 0 Å². The first kappa shape index (κ1) is 9.40. The van der Waals surface area contributed by atoms with E-state index in [1.807, 2.05) is 0 Å². The second-order valence-electron chi connectivity index (χ2n) is 3.66. The second kappa shape index (κ2) is 4.37. The van der Waals surface area contributed by atoms with Gasteiger partial charge in [-0.3, -0.25) is 0 Å². The summed E-state index contributed by atoms with van der Waals surface area (Å²) >= 11 is 0. The Morgan fingerprint density at radius 2 is 1.69 bits per heavy atom. The molecule has 76 valence electrons. The Labute approximate surface area is 79.4 Å². The summed E-state index contributed by atoms with van der Waals surface area (Å²) in [4.78, 5) is 0. The van der Waals surface area contributed by atoms with Gasteiger partial charge in [-0.05, 0) is 6.92 Å². The van der Waals surface area contributed by atoms with Crippen LogP contribution in [0.2, 0.25) is 0 Å². The maximum Gasteiger partial charge on any atom is 0.0688 e. The molecule has 2 fully saturated rings. The number of morpholine rings is 2. The summed E-state index contributed by atoms with van der Waals surface area (Å²) in [5.74, 6) is 0. The highest BCUT2D eigenvalue weighted by atomic mass is 16.5. The van der Waals surface area contributed by atoms with Crippen LogP contribution in [0.4, 0.5) is 0 Å². The van der Waals surface area contributed by atoms with Gasteiger partial charge in [-0.15, -0.1) is 0 Å². The summed E-state index contributed by atoms with van der Waals surface area (Å²) in [6.45, 7) is 8.85. The van der Waals surface area contributed by atoms with Crippen LogP contribution in [0.25, 0.3) is 0 Å². The minimum absolute atomic E-state index is 0.372. The third-order valence-electron chi connectivity index (χ3n) is 2.61. The first-order valence-corrected chi connectivity index (χ1v) is 5.05. The molecule has 2 aliphatic heterocycles. The molecule has 0 saturated carbocycles. The predicted octanol–water partition coefficient (Wildman–Crippen LogP) is -0.0457. The minimum Gasteiger partial charge on any atom is -0.379 e. The Morgan fingerprint density at radius 3 is 2.38 bits per heavy atom. The van der Waals surface area contributed by atoms with Gasteiger partial charge >= 0.3 is 0 Å². The van der Waals surface area contributed by atoms with Crippen LogP contribution in [0.15, 0.2) is 0 Å². The Hall–Kier alpha value is -0.160. The van der Waals surface area contributed by atoms with Gasteiger partial charge < -0.3 is 9.47 Å². The Kier molecular flexibility index (Phi) is 3.16. The summed E-state index contributed by atoms with van der Waals surface area (Å²) in [5.41, 5.74) is 0. The van der Waals surface area contributed by atoms with Crippen molar-refractivity contribution < 1.29 is 9.47 Å². The van der Waals surface area contributed by atoms with Crippen molar-refractivity contribution in [2.45, 2.75) is 13.0 Å². The van der Waals surface area contributed by atoms with E-state index in [1.54, 1.807) is 0 Å². The molecule has 4 nitrogen and oxygen atoms in total. The molecule has 2 rings (SSSR count). The monoisotopic (exact) mass is 186 g/mol. The zero-order chi connectivity index (χ0) is 9.10. The molecule has 0 spiro atoms. The van der Waals surface area contributed by atoms with Crippen molar-refractivity contribution >= 4 is 0 Å². The summed E-state index contributed by atoms with van der Waals surface area (Å²) in [5, 5.41) is 4.79. The Balaban J connectivity index is 1.83. The van der Waals surface area contributed by atoms with Crippen LogP contribution in [-0.4, -0.2) is 62.1 Å². The number of nitrogens with zero attached hydrogens (tertiary/aromatic N) is 2. The lowest BCUT2D eigenvalue weighted by molar-refractivity contribution is -0.145. The van der Waals surface area contributed by atoms with Crippen LogP contribution in [0.5, 0.6) is 0 Å². The molecular formula is C9H18N2O2. The molecule has 0 N–H and O–H groups in total. The van der Waals surface area contributed by atoms with Gasteiger partial charge in [-0.1, -0.05) is 0 Å². The van der Waals surface area contributed by atoms with Gasteiger partial charge in [0.25, 0.3) is 0 Å². The van der Waals surface area contributed by atoms with Gasteiger partial charge in [0.2, 0.25) is 0 Å². The highest BCUT2D eigenvalue weighted by Gasteiger charge is 2.23. The number of ether oxygens (including phenoxy) is 2. The smallest absolute Gasteiger partial charge is 0.0688 e. The normalized spacial score (nSPS) is 33.5. The molecule has 0 aliphatic carbocycles. The van der Waals surface area contributed by atoms with Crippen molar-refractivity contribution in [3.05, 3.63) is 0 Å². The van der Waals surface area contributed by atoms with E-state index < -0.39 is 0 Å². The van der Waals surface area contributed by atoms with E-state index in [2.05, 4.69) is 16.9 Å². The quantitative estimate of drug-likeness (QED) is 0.573. The van der Waals surface area contributed by atoms with E-state index in [9.17, 15) is 0 Å². The summed E-state index contributed by atoms with van der Waals surface area (Å²) in [7, 11) is 0. The van der Waals surface area contributed by atoms with Crippen LogP contribution in [0.1, 0.15) is 6.92 Å². The van der Waals surface area contributed by atoms with Crippen molar-refractivity contribution in [1.82, 2.24) is 10.0 Å². The lowest BCUT2D eigenvalue weighted by Crippen LogP contribution is -2.54. The molecular weight excluding hydrogens is 168 g/mol. The van der Waals surface area contributed by atoms with Gasteiger partial charge in [0.15, 0.2) is 0 Å². The highest BCUT2D eigenvalue weighted by Crippen LogP contribution is 2.09. The van der Waals surface area contributed by atoms with Crippen molar-refractivity contribution in [2.75, 3.05) is 46.0 Å². The van der Waals surface area contributed by atoms with Crippen LogP contribution in [0.3, 0.4) is 0 Å². The molecule has 2 heterocycles. The molecule has 0 bridgehead atoms. The molecule has 13 heavy (non-hydrogen) atoms. The van der Waals surface area contributed by atoms with Gasteiger partial charge in [0, 0.05) is 26.2 Å². The van der Waals surface area contributed by atoms with E-state index >= 15 is 0 Å². The lowest BCUT2D eigenvalue weighted by Gasteiger charge is -2.41. The zero-order valence-corrected chi connectivity index (χ0v) is 8.24. The average molecular weight is 186 g/mol. The molecule has 4 heteroatoms. The third kappa shape index (κ3) is 2.40. The summed E-state index contributed by atoms with van der Waals surface area (Å²) in [6, 6.07) is 0. The van der Waals surface area contributed by atoms with Crippen LogP contribution >= 0.6 is 0 Å². The average Bonchev–Trinajstić information content (AvgIpc) is 2.19. The Morgan fingerprint density at radius 1 is 1.00 bits per heavy atom. The zero-order valence-electron chi connectivity index (χ0n) is 8.24. The molecule has 0 aromatic rings. The van der Waals surface area contributed by atoms with Crippen molar-refractivity contribution in [1.29, 1.82) is 0 Å². The molecule has 0 amide bonds. The van der Waals surface area contributed by atoms with E-state index in [1.165, 1.54) is 0 Å². The fourth-order valence-corrected chi connectivity index (χ4v) is 1.89. The highest BCUT2D eigenvalue weighted by molar-refractivity contribution is 4.68. The number of hydrogen-bond donors (Lipinski definition) is 0. The summed E-state index contributed by atoms with van der Waals surface area (Å²) < 4.78 is 10.8. The molecule has 2 aliphatic rings. The first-order valence-electron chi connectivity index (χ1n) is 5.05. The standard InChI is InChI=1S/C9H18N2O2/c1-9-8-11(4-7-13-9)10-2-5-12-6-3-10/h9H,2-8H2,1H3.